The molecule has 32 heavy (non-hydrogen) atoms. The van der Waals surface area contributed by atoms with Gasteiger partial charge in [-0.25, -0.2) is 9.78 Å². The van der Waals surface area contributed by atoms with Crippen molar-refractivity contribution >= 4 is 45.6 Å². The molecule has 0 spiro atoms. The van der Waals surface area contributed by atoms with E-state index in [1.54, 1.807) is 36.4 Å². The molecule has 2 heterocycles. The highest BCUT2D eigenvalue weighted by atomic mass is 35.5. The van der Waals surface area contributed by atoms with Crippen LogP contribution in [0.15, 0.2) is 60.7 Å². The van der Waals surface area contributed by atoms with Crippen molar-refractivity contribution in [3.63, 3.8) is 0 Å². The van der Waals surface area contributed by atoms with Gasteiger partial charge in [-0.1, -0.05) is 29.8 Å². The van der Waals surface area contributed by atoms with Crippen LogP contribution in [0.5, 0.6) is 11.5 Å². The standard InChI is InChI=1S/C24H18ClNO5S/c1-29-14-7-8-16(21(11-14)30-2)20(27)13-31-24(28)17-12-19(22-9-10-23(25)32-22)26-18-6-4-3-5-15(17)18/h3-12H,13H2,1-2H3. The molecule has 0 amide bonds. The second kappa shape index (κ2) is 9.38. The Morgan fingerprint density at radius 3 is 2.50 bits per heavy atom. The van der Waals surface area contributed by atoms with Crippen LogP contribution >= 0.6 is 22.9 Å². The summed E-state index contributed by atoms with van der Waals surface area (Å²) in [7, 11) is 2.98. The number of pyridine rings is 1. The number of methoxy groups -OCH3 is 2. The van der Waals surface area contributed by atoms with Crippen molar-refractivity contribution in [2.75, 3.05) is 20.8 Å². The van der Waals surface area contributed by atoms with E-state index in [2.05, 4.69) is 4.98 Å². The number of para-hydroxylation sites is 1. The number of hydrogen-bond acceptors (Lipinski definition) is 7. The summed E-state index contributed by atoms with van der Waals surface area (Å²) in [4.78, 5) is 31.1. The minimum absolute atomic E-state index is 0.301. The van der Waals surface area contributed by atoms with Gasteiger partial charge in [0.2, 0.25) is 5.78 Å². The van der Waals surface area contributed by atoms with E-state index in [9.17, 15) is 9.59 Å². The first-order valence-corrected chi connectivity index (χ1v) is 10.8. The molecule has 2 aromatic carbocycles. The highest BCUT2D eigenvalue weighted by Crippen LogP contribution is 2.32. The minimum atomic E-state index is -0.617. The smallest absolute Gasteiger partial charge is 0.339 e. The van der Waals surface area contributed by atoms with Gasteiger partial charge in [-0.05, 0) is 36.4 Å². The van der Waals surface area contributed by atoms with E-state index in [1.807, 2.05) is 24.3 Å². The Balaban J connectivity index is 1.61. The maximum atomic E-state index is 13.0. The predicted octanol–water partition coefficient (Wildman–Crippen LogP) is 5.67. The lowest BCUT2D eigenvalue weighted by Gasteiger charge is -2.11. The van der Waals surface area contributed by atoms with Crippen LogP contribution in [-0.4, -0.2) is 37.6 Å². The summed E-state index contributed by atoms with van der Waals surface area (Å²) < 4.78 is 16.4. The van der Waals surface area contributed by atoms with Crippen LogP contribution in [0.3, 0.4) is 0 Å². The van der Waals surface area contributed by atoms with Gasteiger partial charge in [0.15, 0.2) is 6.61 Å². The van der Waals surface area contributed by atoms with Gasteiger partial charge >= 0.3 is 5.97 Å². The monoisotopic (exact) mass is 467 g/mol. The number of nitrogens with zero attached hydrogens (tertiary/aromatic N) is 1. The van der Waals surface area contributed by atoms with Crippen molar-refractivity contribution in [2.24, 2.45) is 0 Å². The number of carbonyl (C=O) groups excluding carboxylic acids is 2. The summed E-state index contributed by atoms with van der Waals surface area (Å²) in [5, 5.41) is 0.637. The highest BCUT2D eigenvalue weighted by molar-refractivity contribution is 7.19. The second-order valence-corrected chi connectivity index (χ2v) is 8.46. The molecule has 0 radical (unpaired) electrons. The lowest BCUT2D eigenvalue weighted by Crippen LogP contribution is -2.15. The molecule has 2 aromatic heterocycles. The zero-order chi connectivity index (χ0) is 22.7. The van der Waals surface area contributed by atoms with Crippen molar-refractivity contribution < 1.29 is 23.8 Å². The fourth-order valence-corrected chi connectivity index (χ4v) is 4.24. The quantitative estimate of drug-likeness (QED) is 0.257. The van der Waals surface area contributed by atoms with Gasteiger partial charge in [0.1, 0.15) is 11.5 Å². The summed E-state index contributed by atoms with van der Waals surface area (Å²) in [6, 6.07) is 17.4. The van der Waals surface area contributed by atoms with Crippen molar-refractivity contribution in [1.82, 2.24) is 4.98 Å². The van der Waals surface area contributed by atoms with Crippen LogP contribution < -0.4 is 9.47 Å². The van der Waals surface area contributed by atoms with Crippen LogP contribution in [0.25, 0.3) is 21.5 Å². The molecule has 4 aromatic rings. The van der Waals surface area contributed by atoms with Gasteiger partial charge in [-0.3, -0.25) is 4.79 Å². The lowest BCUT2D eigenvalue weighted by molar-refractivity contribution is 0.0476. The number of ether oxygens (including phenoxy) is 3. The number of ketones is 1. The Labute approximate surface area is 193 Å². The first-order chi connectivity index (χ1) is 15.5. The molecule has 8 heteroatoms. The van der Waals surface area contributed by atoms with E-state index in [1.165, 1.54) is 25.6 Å². The summed E-state index contributed by atoms with van der Waals surface area (Å²) in [5.41, 5.74) is 1.87. The minimum Gasteiger partial charge on any atom is -0.497 e. The number of aromatic nitrogens is 1. The molecular formula is C24H18ClNO5S. The number of halogens is 1. The Morgan fingerprint density at radius 2 is 1.78 bits per heavy atom. The maximum Gasteiger partial charge on any atom is 0.339 e. The van der Waals surface area contributed by atoms with Gasteiger partial charge < -0.3 is 14.2 Å². The van der Waals surface area contributed by atoms with Crippen molar-refractivity contribution in [3.05, 3.63) is 76.1 Å². The van der Waals surface area contributed by atoms with Gasteiger partial charge in [0.25, 0.3) is 0 Å². The van der Waals surface area contributed by atoms with Crippen LogP contribution in [-0.2, 0) is 4.74 Å². The molecule has 4 rings (SSSR count). The number of benzene rings is 2. The van der Waals surface area contributed by atoms with Crippen LogP contribution in [0.2, 0.25) is 4.34 Å². The highest BCUT2D eigenvalue weighted by Gasteiger charge is 2.19. The van der Waals surface area contributed by atoms with E-state index in [0.29, 0.717) is 43.6 Å². The molecule has 0 saturated heterocycles. The average molecular weight is 468 g/mol. The molecule has 0 atom stereocenters. The zero-order valence-corrected chi connectivity index (χ0v) is 18.8. The lowest BCUT2D eigenvalue weighted by atomic mass is 10.1. The maximum absolute atomic E-state index is 13.0. The number of Topliss-reactive ketones (excluding diaryl/α,β-unsaturated/α-hetero) is 1. The molecule has 0 saturated carbocycles. The molecule has 0 aliphatic carbocycles. The number of thiophene rings is 1. The molecule has 0 fully saturated rings. The first kappa shape index (κ1) is 21.8. The van der Waals surface area contributed by atoms with Crippen molar-refractivity contribution in [1.29, 1.82) is 0 Å². The molecule has 6 nitrogen and oxygen atoms in total. The fraction of sp³-hybridized carbons (Fsp3) is 0.125. The Bertz CT molecular complexity index is 1320. The van der Waals surface area contributed by atoms with Gasteiger partial charge in [-0.2, -0.15) is 0 Å². The Kier molecular flexibility index (Phi) is 6.39. The largest absolute Gasteiger partial charge is 0.497 e. The molecule has 0 N–H and O–H groups in total. The third-order valence-electron chi connectivity index (χ3n) is 4.81. The number of carbonyl (C=O) groups is 2. The number of rotatable bonds is 7. The summed E-state index contributed by atoms with van der Waals surface area (Å²) in [6.07, 6.45) is 0. The summed E-state index contributed by atoms with van der Waals surface area (Å²) in [6.45, 7) is -0.432. The van der Waals surface area contributed by atoms with E-state index < -0.39 is 12.6 Å². The van der Waals surface area contributed by atoms with E-state index in [0.717, 1.165) is 4.88 Å². The average Bonchev–Trinajstić information content (AvgIpc) is 3.27. The normalized spacial score (nSPS) is 10.7. The van der Waals surface area contributed by atoms with Crippen LogP contribution in [0.4, 0.5) is 0 Å². The van der Waals surface area contributed by atoms with E-state index in [4.69, 9.17) is 25.8 Å². The molecule has 0 aliphatic heterocycles. The molecule has 0 aliphatic rings. The number of fused-ring (bicyclic) bond motifs is 1. The van der Waals surface area contributed by atoms with Gasteiger partial charge in [-0.15, -0.1) is 11.3 Å². The molecule has 162 valence electrons. The van der Waals surface area contributed by atoms with Gasteiger partial charge in [0.05, 0.1) is 45.8 Å². The second-order valence-electron chi connectivity index (χ2n) is 6.74. The number of esters is 1. The first-order valence-electron chi connectivity index (χ1n) is 9.58. The third-order valence-corrected chi connectivity index (χ3v) is 6.06. The van der Waals surface area contributed by atoms with E-state index in [-0.39, 0.29) is 5.78 Å². The summed E-state index contributed by atoms with van der Waals surface area (Å²) in [5.74, 6) is -0.105. The molecular weight excluding hydrogens is 450 g/mol. The predicted molar refractivity (Wildman–Crippen MR) is 124 cm³/mol. The SMILES string of the molecule is COc1ccc(C(=O)COC(=O)c2cc(-c3ccc(Cl)s3)nc3ccccc23)c(OC)c1. The zero-order valence-electron chi connectivity index (χ0n) is 17.3. The topological polar surface area (TPSA) is 74.7 Å². The third kappa shape index (κ3) is 4.44. The van der Waals surface area contributed by atoms with Crippen LogP contribution in [0, 0.1) is 0 Å². The fourth-order valence-electron chi connectivity index (χ4n) is 3.24. The van der Waals surface area contributed by atoms with E-state index >= 15 is 0 Å². The van der Waals surface area contributed by atoms with Gasteiger partial charge in [0, 0.05) is 11.5 Å². The Morgan fingerprint density at radius 1 is 0.969 bits per heavy atom. The van der Waals surface area contributed by atoms with Crippen molar-refractivity contribution in [3.8, 4) is 22.1 Å². The Hall–Kier alpha value is -3.42. The molecule has 0 unspecified atom stereocenters. The van der Waals surface area contributed by atoms with Crippen LogP contribution in [0.1, 0.15) is 20.7 Å². The number of hydrogen-bond donors (Lipinski definition) is 0. The molecule has 0 bridgehead atoms. The summed E-state index contributed by atoms with van der Waals surface area (Å²) >= 11 is 7.43. The van der Waals surface area contributed by atoms with Crippen molar-refractivity contribution in [2.45, 2.75) is 0 Å².